The first kappa shape index (κ1) is 28.2. The highest BCUT2D eigenvalue weighted by Crippen LogP contribution is 2.32. The number of alkyl halides is 3. The lowest BCUT2D eigenvalue weighted by Crippen LogP contribution is -2.17. The van der Waals surface area contributed by atoms with E-state index < -0.39 is 17.7 Å². The van der Waals surface area contributed by atoms with E-state index in [9.17, 15) is 18.0 Å². The van der Waals surface area contributed by atoms with Crippen LogP contribution in [0.15, 0.2) is 71.6 Å². The molecule has 0 aliphatic carbocycles. The Morgan fingerprint density at radius 1 is 0.946 bits per heavy atom. The molecular weight excluding hydrogens is 505 g/mol. The van der Waals surface area contributed by atoms with E-state index >= 15 is 0 Å². The molecule has 0 aromatic heterocycles. The molecule has 37 heavy (non-hydrogen) atoms. The molecule has 0 amide bonds. The highest BCUT2D eigenvalue weighted by Gasteiger charge is 2.30. The summed E-state index contributed by atoms with van der Waals surface area (Å²) in [6, 6.07) is 17.3. The largest absolute Gasteiger partial charge is 0.490 e. The highest BCUT2D eigenvalue weighted by atomic mass is 32.2. The Morgan fingerprint density at radius 2 is 1.57 bits per heavy atom. The quantitative estimate of drug-likeness (QED) is 0.224. The summed E-state index contributed by atoms with van der Waals surface area (Å²) in [5.74, 6) is 1.90. The molecule has 5 nitrogen and oxygen atoms in total. The van der Waals surface area contributed by atoms with Gasteiger partial charge >= 0.3 is 12.1 Å². The van der Waals surface area contributed by atoms with Crippen molar-refractivity contribution in [3.05, 3.63) is 77.9 Å². The summed E-state index contributed by atoms with van der Waals surface area (Å²) < 4.78 is 55.2. The second kappa shape index (κ2) is 13.3. The second-order valence-corrected chi connectivity index (χ2v) is 9.54. The van der Waals surface area contributed by atoms with E-state index in [1.807, 2.05) is 19.1 Å². The topological polar surface area (TPSA) is 65.0 Å². The number of carboxylic acids is 1. The standard InChI is InChI=1S/C28H29F3O5S/c1-3-4-21(15-16-37-25-13-14-26(19(2)17-25)34-18-27(32)33)35-23-9-11-24(12-10-23)36-22-7-5-20(6-8-22)28(29,30)31/h5-14,17,21H,3-4,15-16,18H2,1-2H3,(H,32,33). The van der Waals surface area contributed by atoms with Gasteiger partial charge in [-0.2, -0.15) is 13.2 Å². The number of carboxylic acid groups (broad SMARTS) is 1. The monoisotopic (exact) mass is 534 g/mol. The third-order valence-electron chi connectivity index (χ3n) is 5.36. The van der Waals surface area contributed by atoms with Crippen molar-refractivity contribution in [2.45, 2.75) is 50.3 Å². The average Bonchev–Trinajstić information content (AvgIpc) is 2.84. The van der Waals surface area contributed by atoms with Crippen molar-refractivity contribution < 1.29 is 37.3 Å². The van der Waals surface area contributed by atoms with Gasteiger partial charge < -0.3 is 19.3 Å². The Morgan fingerprint density at radius 3 is 2.14 bits per heavy atom. The number of aryl methyl sites for hydroxylation is 1. The summed E-state index contributed by atoms with van der Waals surface area (Å²) in [7, 11) is 0. The van der Waals surface area contributed by atoms with Crippen molar-refractivity contribution in [1.82, 2.24) is 0 Å². The Labute approximate surface area is 218 Å². The van der Waals surface area contributed by atoms with Crippen LogP contribution in [0.1, 0.15) is 37.3 Å². The van der Waals surface area contributed by atoms with Crippen molar-refractivity contribution in [3.8, 4) is 23.0 Å². The molecule has 0 heterocycles. The first-order chi connectivity index (χ1) is 17.6. The molecule has 0 radical (unpaired) electrons. The summed E-state index contributed by atoms with van der Waals surface area (Å²) in [4.78, 5) is 11.8. The van der Waals surface area contributed by atoms with Gasteiger partial charge in [0.15, 0.2) is 6.61 Å². The van der Waals surface area contributed by atoms with Crippen LogP contribution in [-0.2, 0) is 11.0 Å². The number of hydrogen-bond acceptors (Lipinski definition) is 5. The van der Waals surface area contributed by atoms with Crippen LogP contribution in [0.4, 0.5) is 13.2 Å². The minimum Gasteiger partial charge on any atom is -0.490 e. The van der Waals surface area contributed by atoms with Gasteiger partial charge in [0.25, 0.3) is 0 Å². The fourth-order valence-corrected chi connectivity index (χ4v) is 4.57. The van der Waals surface area contributed by atoms with E-state index in [-0.39, 0.29) is 12.7 Å². The lowest BCUT2D eigenvalue weighted by Gasteiger charge is -2.19. The van der Waals surface area contributed by atoms with Crippen LogP contribution in [0.2, 0.25) is 0 Å². The van der Waals surface area contributed by atoms with E-state index in [0.717, 1.165) is 47.6 Å². The van der Waals surface area contributed by atoms with E-state index in [4.69, 9.17) is 19.3 Å². The van der Waals surface area contributed by atoms with Crippen LogP contribution < -0.4 is 14.2 Å². The number of aliphatic carboxylic acids is 1. The van der Waals surface area contributed by atoms with E-state index in [1.165, 1.54) is 12.1 Å². The Bertz CT molecular complexity index is 1150. The average molecular weight is 535 g/mol. The Hall–Kier alpha value is -3.33. The maximum absolute atomic E-state index is 12.7. The highest BCUT2D eigenvalue weighted by molar-refractivity contribution is 7.99. The number of hydrogen-bond donors (Lipinski definition) is 1. The van der Waals surface area contributed by atoms with Crippen molar-refractivity contribution in [1.29, 1.82) is 0 Å². The lowest BCUT2D eigenvalue weighted by atomic mass is 10.1. The molecule has 1 N–H and O–H groups in total. The van der Waals surface area contributed by atoms with E-state index in [2.05, 4.69) is 6.92 Å². The van der Waals surface area contributed by atoms with Crippen LogP contribution in [-0.4, -0.2) is 29.5 Å². The van der Waals surface area contributed by atoms with Gasteiger partial charge in [-0.15, -0.1) is 11.8 Å². The molecule has 0 aliphatic heterocycles. The molecule has 9 heteroatoms. The SMILES string of the molecule is CCCC(CCSc1ccc(OCC(=O)O)c(C)c1)Oc1ccc(Oc2ccc(C(F)(F)F)cc2)cc1. The lowest BCUT2D eigenvalue weighted by molar-refractivity contribution is -0.139. The summed E-state index contributed by atoms with van der Waals surface area (Å²) in [5, 5.41) is 8.76. The van der Waals surface area contributed by atoms with Crippen LogP contribution in [0.25, 0.3) is 0 Å². The predicted molar refractivity (Wildman–Crippen MR) is 137 cm³/mol. The minimum atomic E-state index is -4.38. The van der Waals surface area contributed by atoms with Gasteiger partial charge in [-0.1, -0.05) is 13.3 Å². The molecule has 1 atom stereocenters. The molecule has 0 fully saturated rings. The van der Waals surface area contributed by atoms with Gasteiger partial charge in [0.1, 0.15) is 23.0 Å². The molecule has 3 aromatic rings. The molecule has 198 valence electrons. The molecule has 0 spiro atoms. The van der Waals surface area contributed by atoms with Gasteiger partial charge in [-0.05, 0) is 92.1 Å². The van der Waals surface area contributed by atoms with Gasteiger partial charge in [0.05, 0.1) is 11.7 Å². The van der Waals surface area contributed by atoms with E-state index in [1.54, 1.807) is 42.1 Å². The Balaban J connectivity index is 1.50. The molecular formula is C28H29F3O5S. The number of halogens is 3. The molecule has 0 aliphatic rings. The summed E-state index contributed by atoms with van der Waals surface area (Å²) in [6.45, 7) is 3.62. The zero-order valence-corrected chi connectivity index (χ0v) is 21.4. The Kier molecular flexibility index (Phi) is 10.1. The molecule has 0 bridgehead atoms. The molecule has 3 aromatic carbocycles. The fourth-order valence-electron chi connectivity index (χ4n) is 3.53. The summed E-state index contributed by atoms with van der Waals surface area (Å²) in [5.41, 5.74) is 0.159. The van der Waals surface area contributed by atoms with Gasteiger partial charge in [-0.25, -0.2) is 4.79 Å². The predicted octanol–water partition coefficient (Wildman–Crippen LogP) is 8.00. The van der Waals surface area contributed by atoms with Crippen LogP contribution in [0, 0.1) is 6.92 Å². The smallest absolute Gasteiger partial charge is 0.416 e. The van der Waals surface area contributed by atoms with Gasteiger partial charge in [0.2, 0.25) is 0 Å². The van der Waals surface area contributed by atoms with E-state index in [0.29, 0.717) is 23.0 Å². The fraction of sp³-hybridized carbons (Fsp3) is 0.321. The third-order valence-corrected chi connectivity index (χ3v) is 6.39. The first-order valence-corrected chi connectivity index (χ1v) is 12.8. The number of benzene rings is 3. The second-order valence-electron chi connectivity index (χ2n) is 8.37. The first-order valence-electron chi connectivity index (χ1n) is 11.8. The molecule has 0 saturated heterocycles. The number of ether oxygens (including phenoxy) is 3. The van der Waals surface area contributed by atoms with Gasteiger partial charge in [0, 0.05) is 10.6 Å². The van der Waals surface area contributed by atoms with Crippen LogP contribution in [0.3, 0.4) is 0 Å². The number of rotatable bonds is 13. The van der Waals surface area contributed by atoms with Crippen molar-refractivity contribution in [2.24, 2.45) is 0 Å². The molecule has 3 rings (SSSR count). The summed E-state index contributed by atoms with van der Waals surface area (Å²) >= 11 is 1.70. The van der Waals surface area contributed by atoms with Crippen molar-refractivity contribution in [2.75, 3.05) is 12.4 Å². The third kappa shape index (κ3) is 9.24. The van der Waals surface area contributed by atoms with Crippen LogP contribution >= 0.6 is 11.8 Å². The maximum Gasteiger partial charge on any atom is 0.416 e. The zero-order valence-electron chi connectivity index (χ0n) is 20.6. The minimum absolute atomic E-state index is 0.0263. The molecule has 1 unspecified atom stereocenters. The van der Waals surface area contributed by atoms with Crippen molar-refractivity contribution >= 4 is 17.7 Å². The van der Waals surface area contributed by atoms with Crippen molar-refractivity contribution in [3.63, 3.8) is 0 Å². The summed E-state index contributed by atoms with van der Waals surface area (Å²) in [6.07, 6.45) is -1.66. The van der Waals surface area contributed by atoms with Crippen LogP contribution in [0.5, 0.6) is 23.0 Å². The normalized spacial score (nSPS) is 12.1. The molecule has 0 saturated carbocycles. The number of carbonyl (C=O) groups is 1. The number of thioether (sulfide) groups is 1. The zero-order chi connectivity index (χ0) is 26.8. The van der Waals surface area contributed by atoms with Gasteiger partial charge in [-0.3, -0.25) is 0 Å². The maximum atomic E-state index is 12.7.